The smallest absolute Gasteiger partial charge is 0.179 e. The molecule has 9 atom stereocenters. The molecule has 2 aliphatic heterocycles. The van der Waals surface area contributed by atoms with Crippen LogP contribution in [0.15, 0.2) is 35.1 Å². The van der Waals surface area contributed by atoms with Gasteiger partial charge in [0.15, 0.2) is 18.4 Å². The number of hydrogen-bond acceptors (Lipinski definition) is 11. The van der Waals surface area contributed by atoms with Crippen LogP contribution in [0.3, 0.4) is 0 Å². The van der Waals surface area contributed by atoms with Crippen molar-refractivity contribution < 1.29 is 28.9 Å². The lowest BCUT2D eigenvalue weighted by molar-refractivity contribution is -0.266. The Morgan fingerprint density at radius 3 is 2.58 bits per heavy atom. The number of terminal acetylenes is 1. The highest BCUT2D eigenvalue weighted by Gasteiger charge is 2.40. The van der Waals surface area contributed by atoms with E-state index in [0.29, 0.717) is 22.5 Å². The molecule has 0 aromatic heterocycles. The molecule has 6 unspecified atom stereocenters. The zero-order chi connectivity index (χ0) is 31.5. The summed E-state index contributed by atoms with van der Waals surface area (Å²) in [4.78, 5) is 18.7. The molecule has 0 saturated carbocycles. The third-order valence-corrected chi connectivity index (χ3v) is 11.5. The Hall–Kier alpha value is -1.38. The normalized spacial score (nSPS) is 33.5. The third kappa shape index (κ3) is 10.6. The van der Waals surface area contributed by atoms with Crippen LogP contribution in [-0.4, -0.2) is 76.4 Å². The quantitative estimate of drug-likeness (QED) is 0.125. The number of nitrogens with two attached hydrogens (primary N) is 1. The number of carbonyl (C=O) groups is 1. The molecule has 8 nitrogen and oxygen atoms in total. The van der Waals surface area contributed by atoms with E-state index in [-0.39, 0.29) is 29.9 Å². The lowest BCUT2D eigenvalue weighted by atomic mass is 9.80. The van der Waals surface area contributed by atoms with E-state index >= 15 is 0 Å². The number of aliphatic hydroxyl groups excluding tert-OH is 1. The summed E-state index contributed by atoms with van der Waals surface area (Å²) in [6, 6.07) is -0.494. The van der Waals surface area contributed by atoms with E-state index in [4.69, 9.17) is 31.2 Å². The summed E-state index contributed by atoms with van der Waals surface area (Å²) < 4.78 is 18.6. The summed E-state index contributed by atoms with van der Waals surface area (Å²) >= 11 is 1.80. The molecule has 11 heteroatoms. The second-order valence-electron chi connectivity index (χ2n) is 11.2. The van der Waals surface area contributed by atoms with E-state index in [2.05, 4.69) is 49.4 Å². The minimum Gasteiger partial charge on any atom is -0.396 e. The van der Waals surface area contributed by atoms with Gasteiger partial charge >= 0.3 is 0 Å². The molecule has 2 fully saturated rings. The second-order valence-corrected chi connectivity index (χ2v) is 15.3. The number of ether oxygens (including phenoxy) is 3. The van der Waals surface area contributed by atoms with Crippen molar-refractivity contribution in [3.05, 3.63) is 35.1 Å². The molecule has 0 amide bonds. The molecule has 0 spiro atoms. The number of carbonyl (C=O) groups excluding carboxylic acids is 1. The fourth-order valence-corrected chi connectivity index (χ4v) is 7.96. The summed E-state index contributed by atoms with van der Waals surface area (Å²) in [6.45, 7) is 10.2. The monoisotopic (exact) mass is 650 g/mol. The van der Waals surface area contributed by atoms with Crippen molar-refractivity contribution >= 4 is 39.1 Å². The van der Waals surface area contributed by atoms with Crippen LogP contribution in [0.2, 0.25) is 0 Å². The zero-order valence-corrected chi connectivity index (χ0v) is 28.4. The van der Waals surface area contributed by atoms with E-state index in [9.17, 15) is 9.90 Å². The molecule has 1 aliphatic carbocycles. The number of rotatable bonds is 11. The molecule has 238 valence electrons. The SMILES string of the molecule is C#C/C=C\C#C[C@H](OC1CC(O)[C@H](NOC2CC[C@H](SC)C(C)O2)C(C)O1)C1=C(N)C(=O)CC(C)/C1=C/CSSC(C)C. The molecule has 43 heavy (non-hydrogen) atoms. The Balaban J connectivity index is 1.75. The van der Waals surface area contributed by atoms with Gasteiger partial charge in [-0.1, -0.05) is 66.2 Å². The van der Waals surface area contributed by atoms with Crippen LogP contribution < -0.4 is 11.2 Å². The highest BCUT2D eigenvalue weighted by molar-refractivity contribution is 8.77. The van der Waals surface area contributed by atoms with Crippen LogP contribution in [0.1, 0.15) is 60.3 Å². The average Bonchev–Trinajstić information content (AvgIpc) is 2.95. The van der Waals surface area contributed by atoms with Gasteiger partial charge in [-0.05, 0) is 50.2 Å². The van der Waals surface area contributed by atoms with Gasteiger partial charge < -0.3 is 25.1 Å². The number of thioether (sulfide) groups is 1. The molecule has 0 aromatic carbocycles. The van der Waals surface area contributed by atoms with E-state index in [1.807, 2.05) is 20.8 Å². The van der Waals surface area contributed by atoms with Crippen LogP contribution in [0.25, 0.3) is 0 Å². The molecular formula is C32H46N2O6S3. The maximum Gasteiger partial charge on any atom is 0.179 e. The fourth-order valence-electron chi connectivity index (χ4n) is 5.29. The highest BCUT2D eigenvalue weighted by Crippen LogP contribution is 2.37. The van der Waals surface area contributed by atoms with Gasteiger partial charge in [0.2, 0.25) is 0 Å². The molecular weight excluding hydrogens is 605 g/mol. The molecule has 4 N–H and O–H groups in total. The van der Waals surface area contributed by atoms with E-state index in [1.54, 1.807) is 39.4 Å². The minimum absolute atomic E-state index is 0.0490. The van der Waals surface area contributed by atoms with E-state index in [0.717, 1.165) is 24.2 Å². The van der Waals surface area contributed by atoms with Crippen LogP contribution in [0, 0.1) is 30.1 Å². The summed E-state index contributed by atoms with van der Waals surface area (Å²) in [5.41, 5.74) is 11.1. The van der Waals surface area contributed by atoms with E-state index in [1.165, 1.54) is 6.08 Å². The van der Waals surface area contributed by atoms with Crippen molar-refractivity contribution in [1.82, 2.24) is 5.48 Å². The summed E-state index contributed by atoms with van der Waals surface area (Å²) in [5.74, 6) is 8.99. The number of hydrogen-bond donors (Lipinski definition) is 3. The van der Waals surface area contributed by atoms with Crippen molar-refractivity contribution in [2.24, 2.45) is 11.7 Å². The molecule has 2 heterocycles. The average molecular weight is 651 g/mol. The van der Waals surface area contributed by atoms with Crippen LogP contribution in [0.5, 0.6) is 0 Å². The van der Waals surface area contributed by atoms with Crippen molar-refractivity contribution in [3.8, 4) is 24.2 Å². The number of nitrogens with one attached hydrogen (secondary N) is 1. The molecule has 0 aromatic rings. The summed E-state index contributed by atoms with van der Waals surface area (Å²) in [5, 5.41) is 12.0. The van der Waals surface area contributed by atoms with Gasteiger partial charge in [-0.3, -0.25) is 9.63 Å². The summed E-state index contributed by atoms with van der Waals surface area (Å²) in [7, 11) is 3.54. The number of ketones is 1. The Morgan fingerprint density at radius 2 is 1.93 bits per heavy atom. The first-order valence-corrected chi connectivity index (χ1v) is 18.4. The first kappa shape index (κ1) is 36.1. The van der Waals surface area contributed by atoms with Gasteiger partial charge in [0.05, 0.1) is 30.1 Å². The van der Waals surface area contributed by atoms with Crippen LogP contribution in [0.4, 0.5) is 0 Å². The minimum atomic E-state index is -0.866. The lowest BCUT2D eigenvalue weighted by Gasteiger charge is -2.40. The first-order chi connectivity index (χ1) is 20.5. The third-order valence-electron chi connectivity index (χ3n) is 7.52. The maximum atomic E-state index is 12.9. The predicted molar refractivity (Wildman–Crippen MR) is 178 cm³/mol. The lowest BCUT2D eigenvalue weighted by Crippen LogP contribution is -2.56. The molecule has 3 rings (SSSR count). The zero-order valence-electron chi connectivity index (χ0n) is 25.9. The van der Waals surface area contributed by atoms with Gasteiger partial charge in [0.1, 0.15) is 6.10 Å². The number of Topliss-reactive ketones (excluding diaryl/α,β-unsaturated/α-hetero) is 1. The predicted octanol–water partition coefficient (Wildman–Crippen LogP) is 4.74. The Morgan fingerprint density at radius 1 is 1.19 bits per heavy atom. The van der Waals surface area contributed by atoms with Crippen molar-refractivity contribution in [2.45, 2.75) is 114 Å². The van der Waals surface area contributed by atoms with Gasteiger partial charge in [-0.25, -0.2) is 0 Å². The molecule has 0 radical (unpaired) electrons. The Kier molecular flexibility index (Phi) is 15.1. The fraction of sp³-hybridized carbons (Fsp3) is 0.656. The molecule has 0 bridgehead atoms. The maximum absolute atomic E-state index is 12.9. The van der Waals surface area contributed by atoms with Gasteiger partial charge in [0.25, 0.3) is 0 Å². The number of allylic oxidation sites excluding steroid dienone is 3. The first-order valence-electron chi connectivity index (χ1n) is 14.8. The van der Waals surface area contributed by atoms with Gasteiger partial charge in [-0.2, -0.15) is 17.2 Å². The Labute approximate surface area is 269 Å². The van der Waals surface area contributed by atoms with Gasteiger partial charge in [-0.15, -0.1) is 6.42 Å². The topological polar surface area (TPSA) is 112 Å². The molecule has 2 saturated heterocycles. The number of hydroxylamine groups is 1. The highest BCUT2D eigenvalue weighted by atomic mass is 33.1. The van der Waals surface area contributed by atoms with Crippen LogP contribution >= 0.6 is 33.3 Å². The Bertz CT molecular complexity index is 1130. The van der Waals surface area contributed by atoms with Crippen molar-refractivity contribution in [3.63, 3.8) is 0 Å². The summed E-state index contributed by atoms with van der Waals surface area (Å²) in [6.07, 6.45) is 11.6. The number of aliphatic hydroxyl groups is 1. The van der Waals surface area contributed by atoms with Gasteiger partial charge in [0, 0.05) is 41.1 Å². The van der Waals surface area contributed by atoms with Crippen LogP contribution in [-0.2, 0) is 23.8 Å². The van der Waals surface area contributed by atoms with E-state index < -0.39 is 36.9 Å². The largest absolute Gasteiger partial charge is 0.396 e. The standard InChI is InChI=1S/C32H46N2O6S3/c1-8-9-10-11-12-26(30-23(15-16-42-43-19(2)3)20(4)17-24(35)31(30)33)39-29-18-25(36)32(22(6)38-29)34-40-28-14-13-27(41-7)21(5)37-28/h1,9-10,15,19-22,25-29,32,34,36H,13-14,16-18,33H2,2-7H3/b10-9-,23-15-/t20?,21?,22?,25?,26-,27-,28?,29?,32+/m0/s1. The van der Waals surface area contributed by atoms with Crippen molar-refractivity contribution in [1.29, 1.82) is 0 Å². The second kappa shape index (κ2) is 17.9. The van der Waals surface area contributed by atoms with Crippen molar-refractivity contribution in [2.75, 3.05) is 12.0 Å². The molecule has 3 aliphatic rings.